The highest BCUT2D eigenvalue weighted by atomic mass is 16.3. The van der Waals surface area contributed by atoms with Crippen molar-refractivity contribution in [2.24, 2.45) is 11.7 Å². The van der Waals surface area contributed by atoms with Crippen LogP contribution in [-0.2, 0) is 0 Å². The standard InChI is InChI=1S/C8H18N2O2/c1-6(2-9)10-3-7(5-11)8(12)4-10/h6-8,11-12H,2-5,9H2,1H3. The van der Waals surface area contributed by atoms with Gasteiger partial charge in [0, 0.05) is 38.2 Å². The maximum absolute atomic E-state index is 9.46. The first kappa shape index (κ1) is 9.92. The number of aliphatic hydroxyl groups excluding tert-OH is 2. The number of nitrogens with zero attached hydrogens (tertiary/aromatic N) is 1. The topological polar surface area (TPSA) is 69.7 Å². The summed E-state index contributed by atoms with van der Waals surface area (Å²) in [6.45, 7) is 4.10. The second kappa shape index (κ2) is 4.18. The summed E-state index contributed by atoms with van der Waals surface area (Å²) < 4.78 is 0. The molecule has 3 atom stereocenters. The first-order valence-corrected chi connectivity index (χ1v) is 4.42. The fourth-order valence-corrected chi connectivity index (χ4v) is 1.58. The molecule has 1 rings (SSSR count). The van der Waals surface area contributed by atoms with E-state index in [1.54, 1.807) is 0 Å². The summed E-state index contributed by atoms with van der Waals surface area (Å²) in [5.41, 5.74) is 5.50. The number of hydrogen-bond donors (Lipinski definition) is 3. The van der Waals surface area contributed by atoms with Gasteiger partial charge >= 0.3 is 0 Å². The van der Waals surface area contributed by atoms with E-state index in [0.29, 0.717) is 19.1 Å². The molecular weight excluding hydrogens is 156 g/mol. The molecule has 1 aliphatic rings. The highest BCUT2D eigenvalue weighted by molar-refractivity contribution is 4.86. The molecule has 0 aliphatic carbocycles. The van der Waals surface area contributed by atoms with Crippen molar-refractivity contribution in [2.45, 2.75) is 19.1 Å². The Balaban J connectivity index is 2.42. The molecule has 0 spiro atoms. The second-order valence-electron chi connectivity index (χ2n) is 3.55. The third kappa shape index (κ3) is 1.95. The van der Waals surface area contributed by atoms with Gasteiger partial charge in [0.05, 0.1) is 6.10 Å². The Bertz CT molecular complexity index is 143. The summed E-state index contributed by atoms with van der Waals surface area (Å²) in [4.78, 5) is 2.12. The van der Waals surface area contributed by atoms with Crippen LogP contribution in [0.25, 0.3) is 0 Å². The highest BCUT2D eigenvalue weighted by Gasteiger charge is 2.32. The van der Waals surface area contributed by atoms with Crippen molar-refractivity contribution < 1.29 is 10.2 Å². The predicted molar refractivity (Wildman–Crippen MR) is 46.7 cm³/mol. The molecule has 12 heavy (non-hydrogen) atoms. The molecule has 0 aromatic carbocycles. The Hall–Kier alpha value is -0.160. The zero-order valence-corrected chi connectivity index (χ0v) is 7.48. The molecular formula is C8H18N2O2. The van der Waals surface area contributed by atoms with Gasteiger partial charge in [-0.25, -0.2) is 0 Å². The lowest BCUT2D eigenvalue weighted by molar-refractivity contribution is 0.102. The first-order valence-electron chi connectivity index (χ1n) is 4.42. The summed E-state index contributed by atoms with van der Waals surface area (Å²) in [6.07, 6.45) is -0.385. The zero-order chi connectivity index (χ0) is 9.14. The quantitative estimate of drug-likeness (QED) is 0.493. The van der Waals surface area contributed by atoms with Crippen LogP contribution in [0, 0.1) is 5.92 Å². The summed E-state index contributed by atoms with van der Waals surface area (Å²) in [5, 5.41) is 18.4. The summed E-state index contributed by atoms with van der Waals surface area (Å²) in [7, 11) is 0. The van der Waals surface area contributed by atoms with Crippen molar-refractivity contribution in [2.75, 3.05) is 26.2 Å². The van der Waals surface area contributed by atoms with Crippen LogP contribution in [0.3, 0.4) is 0 Å². The van der Waals surface area contributed by atoms with Crippen LogP contribution in [0.5, 0.6) is 0 Å². The van der Waals surface area contributed by atoms with Crippen LogP contribution in [0.2, 0.25) is 0 Å². The molecule has 0 aromatic heterocycles. The summed E-state index contributed by atoms with van der Waals surface area (Å²) in [6, 6.07) is 0.302. The van der Waals surface area contributed by atoms with Crippen LogP contribution in [0.1, 0.15) is 6.92 Å². The van der Waals surface area contributed by atoms with Crippen molar-refractivity contribution in [3.63, 3.8) is 0 Å². The van der Waals surface area contributed by atoms with E-state index in [1.165, 1.54) is 0 Å². The van der Waals surface area contributed by atoms with E-state index in [4.69, 9.17) is 10.8 Å². The molecule has 0 bridgehead atoms. The lowest BCUT2D eigenvalue weighted by Crippen LogP contribution is -2.37. The van der Waals surface area contributed by atoms with Crippen molar-refractivity contribution in [3.8, 4) is 0 Å². The molecule has 3 unspecified atom stereocenters. The van der Waals surface area contributed by atoms with E-state index < -0.39 is 0 Å². The van der Waals surface area contributed by atoms with E-state index in [1.807, 2.05) is 6.92 Å². The molecule has 0 radical (unpaired) electrons. The van der Waals surface area contributed by atoms with Crippen LogP contribution < -0.4 is 5.73 Å². The zero-order valence-electron chi connectivity index (χ0n) is 7.48. The van der Waals surface area contributed by atoms with Gasteiger partial charge in [-0.2, -0.15) is 0 Å². The van der Waals surface area contributed by atoms with Gasteiger partial charge in [-0.3, -0.25) is 4.90 Å². The Morgan fingerprint density at radius 2 is 2.25 bits per heavy atom. The van der Waals surface area contributed by atoms with Crippen molar-refractivity contribution in [1.82, 2.24) is 4.90 Å². The number of aliphatic hydroxyl groups is 2. The van der Waals surface area contributed by atoms with E-state index in [-0.39, 0.29) is 18.6 Å². The Kier molecular flexibility index (Phi) is 3.46. The molecule has 0 aromatic rings. The molecule has 72 valence electrons. The van der Waals surface area contributed by atoms with Gasteiger partial charge in [0.25, 0.3) is 0 Å². The Labute approximate surface area is 73.0 Å². The van der Waals surface area contributed by atoms with Gasteiger partial charge in [0.2, 0.25) is 0 Å². The largest absolute Gasteiger partial charge is 0.396 e. The van der Waals surface area contributed by atoms with Crippen LogP contribution in [0.4, 0.5) is 0 Å². The lowest BCUT2D eigenvalue weighted by atomic mass is 10.1. The normalized spacial score (nSPS) is 34.0. The monoisotopic (exact) mass is 174 g/mol. The van der Waals surface area contributed by atoms with Crippen molar-refractivity contribution in [1.29, 1.82) is 0 Å². The number of β-amino-alcohol motifs (C(OH)–C–C–N with tert-alkyl or cyclic N) is 1. The highest BCUT2D eigenvalue weighted by Crippen LogP contribution is 2.18. The number of hydrogen-bond acceptors (Lipinski definition) is 4. The predicted octanol–water partition coefficient (Wildman–Crippen LogP) is -1.38. The van der Waals surface area contributed by atoms with Crippen LogP contribution in [-0.4, -0.2) is 53.5 Å². The minimum atomic E-state index is -0.385. The average molecular weight is 174 g/mol. The molecule has 4 nitrogen and oxygen atoms in total. The molecule has 0 amide bonds. The third-order valence-electron chi connectivity index (χ3n) is 2.63. The lowest BCUT2D eigenvalue weighted by Gasteiger charge is -2.22. The van der Waals surface area contributed by atoms with Gasteiger partial charge < -0.3 is 15.9 Å². The minimum absolute atomic E-state index is 0.0130. The van der Waals surface area contributed by atoms with Crippen LogP contribution >= 0.6 is 0 Å². The molecule has 1 saturated heterocycles. The van der Waals surface area contributed by atoms with E-state index in [9.17, 15) is 5.11 Å². The van der Waals surface area contributed by atoms with E-state index >= 15 is 0 Å². The molecule has 1 heterocycles. The third-order valence-corrected chi connectivity index (χ3v) is 2.63. The Morgan fingerprint density at radius 1 is 1.58 bits per heavy atom. The van der Waals surface area contributed by atoms with Crippen molar-refractivity contribution >= 4 is 0 Å². The number of likely N-dealkylation sites (tertiary alicyclic amines) is 1. The maximum atomic E-state index is 9.46. The SMILES string of the molecule is CC(CN)N1CC(O)C(CO)C1. The Morgan fingerprint density at radius 3 is 2.67 bits per heavy atom. The van der Waals surface area contributed by atoms with Gasteiger partial charge in [-0.05, 0) is 6.92 Å². The fourth-order valence-electron chi connectivity index (χ4n) is 1.58. The van der Waals surface area contributed by atoms with E-state index in [2.05, 4.69) is 4.90 Å². The smallest absolute Gasteiger partial charge is 0.0729 e. The first-order chi connectivity index (χ1) is 5.69. The molecule has 0 saturated carbocycles. The minimum Gasteiger partial charge on any atom is -0.396 e. The summed E-state index contributed by atoms with van der Waals surface area (Å²) >= 11 is 0. The molecule has 4 heteroatoms. The molecule has 1 fully saturated rings. The fraction of sp³-hybridized carbons (Fsp3) is 1.00. The van der Waals surface area contributed by atoms with Gasteiger partial charge in [-0.15, -0.1) is 0 Å². The van der Waals surface area contributed by atoms with Crippen molar-refractivity contribution in [3.05, 3.63) is 0 Å². The van der Waals surface area contributed by atoms with Gasteiger partial charge in [0.15, 0.2) is 0 Å². The van der Waals surface area contributed by atoms with E-state index in [0.717, 1.165) is 6.54 Å². The molecule has 4 N–H and O–H groups in total. The number of nitrogens with two attached hydrogens (primary N) is 1. The molecule has 1 aliphatic heterocycles. The van der Waals surface area contributed by atoms with Gasteiger partial charge in [0.1, 0.15) is 0 Å². The maximum Gasteiger partial charge on any atom is 0.0729 e. The second-order valence-corrected chi connectivity index (χ2v) is 3.55. The average Bonchev–Trinajstić information content (AvgIpc) is 2.45. The van der Waals surface area contributed by atoms with Gasteiger partial charge in [-0.1, -0.05) is 0 Å². The summed E-state index contributed by atoms with van der Waals surface area (Å²) in [5.74, 6) is 0.0130. The van der Waals surface area contributed by atoms with Crippen LogP contribution in [0.15, 0.2) is 0 Å². The number of rotatable bonds is 3.